The smallest absolute Gasteiger partial charge is 0.139 e. The van der Waals surface area contributed by atoms with E-state index < -0.39 is 0 Å². The maximum absolute atomic E-state index is 9.71. The number of anilines is 1. The van der Waals surface area contributed by atoms with Crippen molar-refractivity contribution in [3.63, 3.8) is 0 Å². The van der Waals surface area contributed by atoms with Gasteiger partial charge in [0.15, 0.2) is 0 Å². The predicted octanol–water partition coefficient (Wildman–Crippen LogP) is 3.84. The van der Waals surface area contributed by atoms with Crippen molar-refractivity contribution in [2.45, 2.75) is 70.9 Å². The molecule has 1 atom stereocenters. The van der Waals surface area contributed by atoms with Gasteiger partial charge in [-0.2, -0.15) is 0 Å². The van der Waals surface area contributed by atoms with E-state index in [9.17, 15) is 5.11 Å². The molecule has 0 radical (unpaired) electrons. The Morgan fingerprint density at radius 1 is 1.13 bits per heavy atom. The molecule has 23 heavy (non-hydrogen) atoms. The highest BCUT2D eigenvalue weighted by molar-refractivity contribution is 7.19. The van der Waals surface area contributed by atoms with Crippen molar-refractivity contribution in [2.24, 2.45) is 5.92 Å². The molecule has 1 fully saturated rings. The van der Waals surface area contributed by atoms with Crippen LogP contribution in [0.1, 0.15) is 55.3 Å². The van der Waals surface area contributed by atoms with Gasteiger partial charge in [-0.15, -0.1) is 11.3 Å². The molecule has 4 nitrogen and oxygen atoms in total. The Balaban J connectivity index is 1.70. The van der Waals surface area contributed by atoms with Crippen molar-refractivity contribution in [1.29, 1.82) is 0 Å². The monoisotopic (exact) mass is 331 g/mol. The minimum absolute atomic E-state index is 0.115. The van der Waals surface area contributed by atoms with Crippen LogP contribution in [0.15, 0.2) is 0 Å². The Bertz CT molecular complexity index is 719. The summed E-state index contributed by atoms with van der Waals surface area (Å²) >= 11 is 1.86. The van der Waals surface area contributed by atoms with Crippen LogP contribution < -0.4 is 5.32 Å². The van der Waals surface area contributed by atoms with Crippen molar-refractivity contribution in [3.8, 4) is 0 Å². The van der Waals surface area contributed by atoms with Crippen LogP contribution in [-0.4, -0.2) is 27.2 Å². The molecule has 2 aliphatic carbocycles. The number of nitrogens with one attached hydrogen (secondary N) is 1. The largest absolute Gasteiger partial charge is 0.393 e. The Labute approximate surface area is 141 Å². The standard InChI is InChI=1S/C18H25N3OS/c1-10-3-8-14-15(9-10)23-18-16(14)17(19-11(2)20-18)21-12-4-6-13(22)7-5-12/h10,12-13,22H,3-9H2,1-2H3,(H,19,20,21)/t10-,12?,13?/m1/s1. The Hall–Kier alpha value is -1.20. The summed E-state index contributed by atoms with van der Waals surface area (Å²) in [5.74, 6) is 2.66. The molecule has 1 saturated carbocycles. The summed E-state index contributed by atoms with van der Waals surface area (Å²) in [5.41, 5.74) is 1.49. The van der Waals surface area contributed by atoms with E-state index >= 15 is 0 Å². The highest BCUT2D eigenvalue weighted by Crippen LogP contribution is 2.40. The number of hydrogen-bond donors (Lipinski definition) is 2. The number of hydrogen-bond acceptors (Lipinski definition) is 5. The highest BCUT2D eigenvalue weighted by atomic mass is 32.1. The van der Waals surface area contributed by atoms with E-state index in [0.29, 0.717) is 6.04 Å². The summed E-state index contributed by atoms with van der Waals surface area (Å²) in [6, 6.07) is 0.425. The van der Waals surface area contributed by atoms with E-state index in [-0.39, 0.29) is 6.10 Å². The highest BCUT2D eigenvalue weighted by Gasteiger charge is 2.25. The van der Waals surface area contributed by atoms with Gasteiger partial charge in [0.05, 0.1) is 11.5 Å². The minimum atomic E-state index is -0.115. The fourth-order valence-electron chi connectivity index (χ4n) is 3.97. The van der Waals surface area contributed by atoms with Crippen molar-refractivity contribution in [3.05, 3.63) is 16.3 Å². The fourth-order valence-corrected chi connectivity index (χ4v) is 5.40. The SMILES string of the molecule is Cc1nc(NC2CCC(O)CC2)c2c3c(sc2n1)C[C@H](C)CC3. The van der Waals surface area contributed by atoms with Gasteiger partial charge in [-0.05, 0) is 63.4 Å². The van der Waals surface area contributed by atoms with Gasteiger partial charge in [-0.3, -0.25) is 0 Å². The summed E-state index contributed by atoms with van der Waals surface area (Å²) in [5, 5.41) is 14.7. The third kappa shape index (κ3) is 2.96. The first-order chi connectivity index (χ1) is 11.1. The zero-order valence-corrected chi connectivity index (χ0v) is 14.7. The Morgan fingerprint density at radius 3 is 2.70 bits per heavy atom. The van der Waals surface area contributed by atoms with Crippen LogP contribution in [0.2, 0.25) is 0 Å². The molecule has 2 heterocycles. The van der Waals surface area contributed by atoms with Crippen molar-refractivity contribution < 1.29 is 5.11 Å². The molecule has 124 valence electrons. The van der Waals surface area contributed by atoms with Gasteiger partial charge in [-0.25, -0.2) is 9.97 Å². The van der Waals surface area contributed by atoms with Crippen LogP contribution in [0.25, 0.3) is 10.2 Å². The first-order valence-electron chi connectivity index (χ1n) is 8.83. The van der Waals surface area contributed by atoms with E-state index in [1.54, 1.807) is 0 Å². The number of nitrogens with zero attached hydrogens (tertiary/aromatic N) is 2. The number of aliphatic hydroxyl groups excluding tert-OH is 1. The van der Waals surface area contributed by atoms with Gasteiger partial charge in [-0.1, -0.05) is 6.92 Å². The summed E-state index contributed by atoms with van der Waals surface area (Å²) in [6.45, 7) is 4.33. The van der Waals surface area contributed by atoms with Gasteiger partial charge < -0.3 is 10.4 Å². The van der Waals surface area contributed by atoms with Crippen LogP contribution in [0.4, 0.5) is 5.82 Å². The second-order valence-corrected chi connectivity index (χ2v) is 8.38. The molecule has 4 rings (SSSR count). The van der Waals surface area contributed by atoms with Crippen molar-refractivity contribution in [1.82, 2.24) is 9.97 Å². The fraction of sp³-hybridized carbons (Fsp3) is 0.667. The molecule has 0 aliphatic heterocycles. The molecule has 2 aliphatic rings. The molecule has 0 saturated heterocycles. The number of thiophene rings is 1. The Kier molecular flexibility index (Phi) is 4.01. The average Bonchev–Trinajstić information content (AvgIpc) is 2.86. The van der Waals surface area contributed by atoms with Gasteiger partial charge in [0.25, 0.3) is 0 Å². The van der Waals surface area contributed by atoms with Gasteiger partial charge in [0.2, 0.25) is 0 Å². The van der Waals surface area contributed by atoms with E-state index in [2.05, 4.69) is 12.2 Å². The third-order valence-corrected chi connectivity index (χ3v) is 6.45. The normalized spacial score (nSPS) is 27.9. The summed E-state index contributed by atoms with van der Waals surface area (Å²) < 4.78 is 0. The number of fused-ring (bicyclic) bond motifs is 3. The van der Waals surface area contributed by atoms with E-state index in [4.69, 9.17) is 9.97 Å². The molecule has 0 aromatic carbocycles. The quantitative estimate of drug-likeness (QED) is 0.878. The molecule has 0 amide bonds. The Morgan fingerprint density at radius 2 is 1.91 bits per heavy atom. The number of rotatable bonds is 2. The second kappa shape index (κ2) is 6.02. The van der Waals surface area contributed by atoms with E-state index in [1.807, 2.05) is 18.3 Å². The van der Waals surface area contributed by atoms with Gasteiger partial charge in [0.1, 0.15) is 16.5 Å². The lowest BCUT2D eigenvalue weighted by Gasteiger charge is -2.27. The number of aromatic nitrogens is 2. The maximum atomic E-state index is 9.71. The molecule has 2 aromatic heterocycles. The van der Waals surface area contributed by atoms with Crippen LogP contribution >= 0.6 is 11.3 Å². The lowest BCUT2D eigenvalue weighted by atomic mass is 9.89. The number of aliphatic hydroxyl groups is 1. The molecule has 5 heteroatoms. The van der Waals surface area contributed by atoms with Gasteiger partial charge in [0, 0.05) is 10.9 Å². The third-order valence-electron chi connectivity index (χ3n) is 5.30. The molecule has 2 aromatic rings. The first-order valence-corrected chi connectivity index (χ1v) is 9.65. The zero-order valence-electron chi connectivity index (χ0n) is 13.9. The van der Waals surface area contributed by atoms with Crippen LogP contribution in [-0.2, 0) is 12.8 Å². The lowest BCUT2D eigenvalue weighted by molar-refractivity contribution is 0.126. The first kappa shape index (κ1) is 15.3. The van der Waals surface area contributed by atoms with Gasteiger partial charge >= 0.3 is 0 Å². The topological polar surface area (TPSA) is 58.0 Å². The van der Waals surface area contributed by atoms with Crippen molar-refractivity contribution >= 4 is 27.4 Å². The molecule has 0 unspecified atom stereocenters. The van der Waals surface area contributed by atoms with E-state index in [1.165, 1.54) is 28.7 Å². The number of aryl methyl sites for hydroxylation is 2. The molecule has 2 N–H and O–H groups in total. The maximum Gasteiger partial charge on any atom is 0.139 e. The molecular weight excluding hydrogens is 306 g/mol. The average molecular weight is 331 g/mol. The predicted molar refractivity (Wildman–Crippen MR) is 95.2 cm³/mol. The molecule has 0 bridgehead atoms. The van der Waals surface area contributed by atoms with E-state index in [0.717, 1.165) is 54.5 Å². The lowest BCUT2D eigenvalue weighted by Crippen LogP contribution is -2.28. The van der Waals surface area contributed by atoms with Crippen LogP contribution in [0, 0.1) is 12.8 Å². The van der Waals surface area contributed by atoms with Crippen molar-refractivity contribution in [2.75, 3.05) is 5.32 Å². The second-order valence-electron chi connectivity index (χ2n) is 7.30. The van der Waals surface area contributed by atoms with Crippen LogP contribution in [0.3, 0.4) is 0 Å². The minimum Gasteiger partial charge on any atom is -0.393 e. The summed E-state index contributed by atoms with van der Waals surface area (Å²) in [4.78, 5) is 12.1. The summed E-state index contributed by atoms with van der Waals surface area (Å²) in [6.07, 6.45) is 7.32. The van der Waals surface area contributed by atoms with Crippen LogP contribution in [0.5, 0.6) is 0 Å². The zero-order chi connectivity index (χ0) is 16.0. The molecule has 0 spiro atoms. The molecular formula is C18H25N3OS. The summed E-state index contributed by atoms with van der Waals surface area (Å²) in [7, 11) is 0.